The molecule has 0 aromatic heterocycles. The van der Waals surface area contributed by atoms with Crippen LogP contribution in [-0.2, 0) is 32.4 Å². The van der Waals surface area contributed by atoms with Gasteiger partial charge in [0.25, 0.3) is 0 Å². The van der Waals surface area contributed by atoms with Gasteiger partial charge in [0.1, 0.15) is 19.4 Å². The van der Waals surface area contributed by atoms with Crippen molar-refractivity contribution in [2.24, 2.45) is 0 Å². The number of carbonyl (C=O) groups excluding carboxylic acids is 2. The lowest BCUT2D eigenvalue weighted by molar-refractivity contribution is -0.146. The molecule has 4 rings (SSSR count). The molecule has 0 saturated carbocycles. The lowest BCUT2D eigenvalue weighted by atomic mass is 9.92. The summed E-state index contributed by atoms with van der Waals surface area (Å²) in [5.74, 6) is -1.15. The molecule has 6 heteroatoms. The van der Waals surface area contributed by atoms with E-state index in [1.807, 2.05) is 85.7 Å². The fourth-order valence-corrected chi connectivity index (χ4v) is 3.60. The van der Waals surface area contributed by atoms with Crippen molar-refractivity contribution >= 4 is 22.7 Å². The summed E-state index contributed by atoms with van der Waals surface area (Å²) in [6.07, 6.45) is 13.2. The largest absolute Gasteiger partial charge is 0.367 e. The van der Waals surface area contributed by atoms with E-state index in [2.05, 4.69) is 11.0 Å². The molecule has 6 nitrogen and oxygen atoms in total. The highest BCUT2D eigenvalue weighted by atomic mass is 16.7. The van der Waals surface area contributed by atoms with Crippen LogP contribution >= 0.6 is 0 Å². The smallest absolute Gasteiger partial charge is 0.349 e. The first-order valence-corrected chi connectivity index (χ1v) is 10.9. The van der Waals surface area contributed by atoms with Gasteiger partial charge < -0.3 is 9.68 Å². The molecule has 3 aromatic carbocycles. The average Bonchev–Trinajstić information content (AvgIpc) is 2.87. The second-order valence-corrected chi connectivity index (χ2v) is 7.48. The Hall–Kier alpha value is -4.26. The first kappa shape index (κ1) is 22.9. The van der Waals surface area contributed by atoms with Crippen molar-refractivity contribution in [3.8, 4) is 0 Å². The van der Waals surface area contributed by atoms with Gasteiger partial charge >= 0.3 is 11.9 Å². The Kier molecular flexibility index (Phi) is 7.79. The van der Waals surface area contributed by atoms with E-state index in [1.165, 1.54) is 24.3 Å². The summed E-state index contributed by atoms with van der Waals surface area (Å²) in [4.78, 5) is 33.7. The van der Waals surface area contributed by atoms with Gasteiger partial charge in [-0.15, -0.1) is 11.0 Å². The van der Waals surface area contributed by atoms with Gasteiger partial charge in [0, 0.05) is 24.3 Å². The number of nitrogens with one attached hydrogen (secondary N) is 2. The number of hydroxylamine groups is 2. The van der Waals surface area contributed by atoms with Crippen LogP contribution in [0.1, 0.15) is 22.3 Å². The molecule has 3 aromatic rings. The molecule has 34 heavy (non-hydrogen) atoms. The minimum atomic E-state index is -0.577. The van der Waals surface area contributed by atoms with Gasteiger partial charge in [-0.05, 0) is 16.3 Å². The van der Waals surface area contributed by atoms with E-state index in [0.29, 0.717) is 13.1 Å². The summed E-state index contributed by atoms with van der Waals surface area (Å²) in [6, 6.07) is 19.9. The lowest BCUT2D eigenvalue weighted by Crippen LogP contribution is -2.19. The van der Waals surface area contributed by atoms with Gasteiger partial charge in [0.15, 0.2) is 11.1 Å². The van der Waals surface area contributed by atoms with E-state index in [0.717, 1.165) is 33.0 Å². The first-order valence-electron chi connectivity index (χ1n) is 10.9. The molecule has 1 aliphatic rings. The molecule has 2 N–H and O–H groups in total. The normalized spacial score (nSPS) is 12.4. The number of benzene rings is 3. The van der Waals surface area contributed by atoms with Crippen LogP contribution in [0, 0.1) is 12.8 Å². The predicted octanol–water partition coefficient (Wildman–Crippen LogP) is 4.42. The Morgan fingerprint density at radius 3 is 2.15 bits per heavy atom. The van der Waals surface area contributed by atoms with Crippen molar-refractivity contribution in [3.63, 3.8) is 0 Å². The number of fused-ring (bicyclic) bond motifs is 2. The van der Waals surface area contributed by atoms with Gasteiger partial charge in [0.05, 0.1) is 30.3 Å². The van der Waals surface area contributed by atoms with Crippen LogP contribution in [0.2, 0.25) is 0 Å². The van der Waals surface area contributed by atoms with E-state index in [9.17, 15) is 9.59 Å². The van der Waals surface area contributed by atoms with Crippen molar-refractivity contribution in [1.29, 1.82) is 0 Å². The molecule has 0 heterocycles. The molecule has 0 amide bonds. The molecule has 168 valence electrons. The van der Waals surface area contributed by atoms with E-state index in [-0.39, 0.29) is 0 Å². The maximum atomic E-state index is 11.8. The van der Waals surface area contributed by atoms with Crippen LogP contribution in [0.15, 0.2) is 97.1 Å². The molecule has 1 aliphatic carbocycles. The van der Waals surface area contributed by atoms with Crippen LogP contribution in [0.3, 0.4) is 0 Å². The zero-order valence-electron chi connectivity index (χ0n) is 18.4. The Balaban J connectivity index is 1.16. The molecular weight excluding hydrogens is 428 g/mol. The number of allylic oxidation sites excluding steroid dienone is 4. The standard InChI is InChI=1S/C28H24N2O4/c31-27(33-29-19-23-13-7-11-21-9-1-3-15-25(21)23)17-5-6-18-28(32)34-30-20-24-14-8-12-22-10-2-4-16-26(22)24/h1-18,29-30H,19-20H2/q+2/b17-5-,18-6+. The third-order valence-corrected chi connectivity index (χ3v) is 5.21. The Bertz CT molecular complexity index is 1260. The molecule has 0 saturated heterocycles. The number of carbonyl (C=O) groups is 2. The van der Waals surface area contributed by atoms with Crippen LogP contribution < -0.4 is 11.0 Å². The van der Waals surface area contributed by atoms with E-state index in [4.69, 9.17) is 9.68 Å². The highest BCUT2D eigenvalue weighted by Crippen LogP contribution is 2.23. The Labute approximate surface area is 198 Å². The van der Waals surface area contributed by atoms with Gasteiger partial charge in [0.2, 0.25) is 0 Å². The van der Waals surface area contributed by atoms with Gasteiger partial charge in [-0.25, -0.2) is 9.59 Å². The zero-order valence-corrected chi connectivity index (χ0v) is 18.4. The number of hydrogen-bond acceptors (Lipinski definition) is 6. The van der Waals surface area contributed by atoms with Crippen molar-refractivity contribution in [3.05, 3.63) is 132 Å². The minimum absolute atomic E-state index is 0.380. The third kappa shape index (κ3) is 6.16. The number of rotatable bonds is 9. The summed E-state index contributed by atoms with van der Waals surface area (Å²) < 4.78 is 0. The van der Waals surface area contributed by atoms with Gasteiger partial charge in [-0.2, -0.15) is 0 Å². The summed E-state index contributed by atoms with van der Waals surface area (Å²) in [5.41, 5.74) is 9.61. The second-order valence-electron chi connectivity index (χ2n) is 7.48. The maximum Gasteiger partial charge on any atom is 0.349 e. The Morgan fingerprint density at radius 2 is 1.35 bits per heavy atom. The third-order valence-electron chi connectivity index (χ3n) is 5.21. The molecule has 0 bridgehead atoms. The van der Waals surface area contributed by atoms with E-state index >= 15 is 0 Å². The summed E-state index contributed by atoms with van der Waals surface area (Å²) in [5, 5.41) is 2.22. The molecule has 0 unspecified atom stereocenters. The molecule has 0 spiro atoms. The van der Waals surface area contributed by atoms with Gasteiger partial charge in [-0.3, -0.25) is 0 Å². The van der Waals surface area contributed by atoms with Crippen molar-refractivity contribution in [2.75, 3.05) is 0 Å². The summed E-state index contributed by atoms with van der Waals surface area (Å²) >= 11 is 0. The van der Waals surface area contributed by atoms with Gasteiger partial charge in [-0.1, -0.05) is 54.6 Å². The highest BCUT2D eigenvalue weighted by molar-refractivity contribution is 5.86. The van der Waals surface area contributed by atoms with Crippen LogP contribution in [0.5, 0.6) is 0 Å². The van der Waals surface area contributed by atoms with E-state index in [1.54, 1.807) is 0 Å². The van der Waals surface area contributed by atoms with Crippen LogP contribution in [0.4, 0.5) is 0 Å². The molecule has 0 fully saturated rings. The first-order chi connectivity index (χ1) is 16.7. The topological polar surface area (TPSA) is 76.7 Å². The van der Waals surface area contributed by atoms with Crippen LogP contribution in [-0.4, -0.2) is 11.9 Å². The zero-order chi connectivity index (χ0) is 23.6. The van der Waals surface area contributed by atoms with Crippen LogP contribution in [0.25, 0.3) is 10.8 Å². The molecule has 0 radical (unpaired) electrons. The molecular formula is C28H24N2O4+2. The fourth-order valence-electron chi connectivity index (χ4n) is 3.60. The SMILES string of the molecule is O=C(/C=C\C=C\C(=O)ONCc1cccc2ccccc12)ONCc1cccc2c1[CH+]C=C[CH+]2. The molecule has 0 aliphatic heterocycles. The monoisotopic (exact) mass is 452 g/mol. The summed E-state index contributed by atoms with van der Waals surface area (Å²) in [7, 11) is 0. The van der Waals surface area contributed by atoms with Crippen molar-refractivity contribution < 1.29 is 19.3 Å². The maximum absolute atomic E-state index is 11.8. The number of hydrogen-bond donors (Lipinski definition) is 2. The quantitative estimate of drug-likeness (QED) is 0.217. The van der Waals surface area contributed by atoms with Crippen molar-refractivity contribution in [2.45, 2.75) is 13.1 Å². The fraction of sp³-hybridized carbons (Fsp3) is 0.0714. The lowest BCUT2D eigenvalue weighted by Gasteiger charge is -2.07. The second kappa shape index (κ2) is 11.6. The summed E-state index contributed by atoms with van der Waals surface area (Å²) in [6.45, 7) is 0.761. The Morgan fingerprint density at radius 1 is 0.735 bits per heavy atom. The predicted molar refractivity (Wildman–Crippen MR) is 130 cm³/mol. The highest BCUT2D eigenvalue weighted by Gasteiger charge is 2.24. The van der Waals surface area contributed by atoms with Crippen molar-refractivity contribution in [1.82, 2.24) is 11.0 Å². The molecule has 0 atom stereocenters. The average molecular weight is 453 g/mol. The van der Waals surface area contributed by atoms with E-state index < -0.39 is 11.9 Å². The minimum Gasteiger partial charge on any atom is -0.367 e.